The molecule has 3 heterocycles. The maximum absolute atomic E-state index is 12.4. The van der Waals surface area contributed by atoms with Gasteiger partial charge in [-0.3, -0.25) is 4.79 Å². The highest BCUT2D eigenvalue weighted by atomic mass is 32.1. The molecule has 0 spiro atoms. The number of ether oxygens (including phenoxy) is 1. The summed E-state index contributed by atoms with van der Waals surface area (Å²) in [6.45, 7) is 1.17. The van der Waals surface area contributed by atoms with Crippen molar-refractivity contribution in [3.05, 3.63) is 65.9 Å². The van der Waals surface area contributed by atoms with Gasteiger partial charge in [-0.1, -0.05) is 41.6 Å². The van der Waals surface area contributed by atoms with Crippen LogP contribution in [0.1, 0.15) is 11.8 Å². The molecule has 0 radical (unpaired) electrons. The average Bonchev–Trinajstić information content (AvgIpc) is 3.37. The molecule has 2 aromatic carbocycles. The van der Waals surface area contributed by atoms with Crippen LogP contribution in [0.5, 0.6) is 5.75 Å². The van der Waals surface area contributed by atoms with Crippen molar-refractivity contribution in [2.45, 2.75) is 5.92 Å². The highest BCUT2D eigenvalue weighted by molar-refractivity contribution is 7.13. The first-order valence-electron chi connectivity index (χ1n) is 9.03. The Hall–Kier alpha value is -3.19. The summed E-state index contributed by atoms with van der Waals surface area (Å²) >= 11 is 1.57. The van der Waals surface area contributed by atoms with Crippen LogP contribution in [0.3, 0.4) is 0 Å². The topological polar surface area (TPSA) is 68.5 Å². The molecule has 1 fully saturated rings. The minimum Gasteiger partial charge on any atom is -0.484 e. The first-order valence-corrected chi connectivity index (χ1v) is 9.91. The molecule has 7 heteroatoms. The van der Waals surface area contributed by atoms with E-state index in [0.29, 0.717) is 30.6 Å². The summed E-state index contributed by atoms with van der Waals surface area (Å²) in [4.78, 5) is 19.6. The normalized spacial score (nSPS) is 14.2. The van der Waals surface area contributed by atoms with Gasteiger partial charge in [0.2, 0.25) is 11.7 Å². The third kappa shape index (κ3) is 3.25. The van der Waals surface area contributed by atoms with Crippen LogP contribution in [0.4, 0.5) is 0 Å². The third-order valence-electron chi connectivity index (χ3n) is 4.85. The second-order valence-electron chi connectivity index (χ2n) is 6.73. The van der Waals surface area contributed by atoms with Crippen LogP contribution in [-0.4, -0.2) is 40.6 Å². The van der Waals surface area contributed by atoms with Crippen LogP contribution in [0.15, 0.2) is 64.5 Å². The number of likely N-dealkylation sites (tertiary alicyclic amines) is 1. The Morgan fingerprint density at radius 2 is 2.00 bits per heavy atom. The average molecular weight is 391 g/mol. The number of carbonyl (C=O) groups excluding carboxylic acids is 1. The number of nitrogens with zero attached hydrogens (tertiary/aromatic N) is 3. The number of rotatable bonds is 5. The monoisotopic (exact) mass is 391 g/mol. The van der Waals surface area contributed by atoms with Gasteiger partial charge in [-0.15, -0.1) is 11.3 Å². The van der Waals surface area contributed by atoms with Gasteiger partial charge in [0.05, 0.1) is 10.8 Å². The predicted octanol–water partition coefficient (Wildman–Crippen LogP) is 3.96. The zero-order valence-corrected chi connectivity index (χ0v) is 15.8. The standard InChI is InChI=1S/C21H17N3O3S/c25-19(13-26-17-8-7-14-4-1-2-5-15(14)10-17)24-11-16(12-24)21-22-20(23-27-21)18-6-3-9-28-18/h1-10,16H,11-13H2. The maximum atomic E-state index is 12.4. The summed E-state index contributed by atoms with van der Waals surface area (Å²) in [5.41, 5.74) is 0. The van der Waals surface area contributed by atoms with Crippen LogP contribution in [0.2, 0.25) is 0 Å². The summed E-state index contributed by atoms with van der Waals surface area (Å²) in [5.74, 6) is 1.94. The molecule has 4 aromatic rings. The highest BCUT2D eigenvalue weighted by Crippen LogP contribution is 2.29. The first-order chi connectivity index (χ1) is 13.8. The van der Waals surface area contributed by atoms with Gasteiger partial charge < -0.3 is 14.2 Å². The molecule has 1 aliphatic heterocycles. The highest BCUT2D eigenvalue weighted by Gasteiger charge is 2.35. The SMILES string of the molecule is O=C(COc1ccc2ccccc2c1)N1CC(c2nc(-c3cccs3)no2)C1. The Morgan fingerprint density at radius 3 is 2.82 bits per heavy atom. The van der Waals surface area contributed by atoms with Crippen molar-refractivity contribution < 1.29 is 14.1 Å². The molecule has 0 saturated carbocycles. The van der Waals surface area contributed by atoms with Crippen molar-refractivity contribution in [3.8, 4) is 16.5 Å². The van der Waals surface area contributed by atoms with Crippen molar-refractivity contribution in [2.24, 2.45) is 0 Å². The molecule has 0 unspecified atom stereocenters. The van der Waals surface area contributed by atoms with Crippen molar-refractivity contribution in [1.82, 2.24) is 15.0 Å². The zero-order valence-electron chi connectivity index (χ0n) is 14.9. The quantitative estimate of drug-likeness (QED) is 0.515. The fraction of sp³-hybridized carbons (Fsp3) is 0.190. The fourth-order valence-electron chi connectivity index (χ4n) is 3.24. The van der Waals surface area contributed by atoms with Crippen LogP contribution in [0, 0.1) is 0 Å². The van der Waals surface area contributed by atoms with E-state index in [2.05, 4.69) is 10.1 Å². The largest absolute Gasteiger partial charge is 0.484 e. The maximum Gasteiger partial charge on any atom is 0.260 e. The van der Waals surface area contributed by atoms with E-state index in [9.17, 15) is 4.79 Å². The lowest BCUT2D eigenvalue weighted by atomic mass is 10.0. The molecular formula is C21H17N3O3S. The molecule has 1 amide bonds. The number of hydrogen-bond acceptors (Lipinski definition) is 6. The van der Waals surface area contributed by atoms with Crippen molar-refractivity contribution in [3.63, 3.8) is 0 Å². The number of benzene rings is 2. The lowest BCUT2D eigenvalue weighted by Gasteiger charge is -2.36. The van der Waals surface area contributed by atoms with E-state index in [4.69, 9.17) is 9.26 Å². The number of aromatic nitrogens is 2. The van der Waals surface area contributed by atoms with E-state index in [-0.39, 0.29) is 18.4 Å². The third-order valence-corrected chi connectivity index (χ3v) is 5.72. The summed E-state index contributed by atoms with van der Waals surface area (Å²) in [7, 11) is 0. The van der Waals surface area contributed by atoms with Gasteiger partial charge in [-0.05, 0) is 34.4 Å². The Kier molecular flexibility index (Phi) is 4.29. The van der Waals surface area contributed by atoms with Gasteiger partial charge in [0.1, 0.15) is 5.75 Å². The Morgan fingerprint density at radius 1 is 1.14 bits per heavy atom. The minimum absolute atomic E-state index is 0.0232. The van der Waals surface area contributed by atoms with E-state index in [1.807, 2.05) is 60.0 Å². The van der Waals surface area contributed by atoms with Crippen molar-refractivity contribution >= 4 is 28.0 Å². The Bertz CT molecular complexity index is 1120. The van der Waals surface area contributed by atoms with Gasteiger partial charge >= 0.3 is 0 Å². The zero-order chi connectivity index (χ0) is 18.9. The summed E-state index contributed by atoms with van der Waals surface area (Å²) in [5, 5.41) is 8.24. The van der Waals surface area contributed by atoms with Crippen molar-refractivity contribution in [2.75, 3.05) is 19.7 Å². The molecule has 140 valence electrons. The van der Waals surface area contributed by atoms with Gasteiger partial charge in [0.25, 0.3) is 5.91 Å². The van der Waals surface area contributed by atoms with Gasteiger partial charge in [0, 0.05) is 13.1 Å². The molecule has 0 atom stereocenters. The fourth-order valence-corrected chi connectivity index (χ4v) is 3.89. The first kappa shape index (κ1) is 16.9. The molecule has 0 bridgehead atoms. The number of amides is 1. The lowest BCUT2D eigenvalue weighted by molar-refractivity contribution is -0.138. The number of carbonyl (C=O) groups is 1. The van der Waals surface area contributed by atoms with Gasteiger partial charge in [-0.25, -0.2) is 0 Å². The minimum atomic E-state index is -0.0394. The summed E-state index contributed by atoms with van der Waals surface area (Å²) < 4.78 is 11.1. The second kappa shape index (κ2) is 7.09. The summed E-state index contributed by atoms with van der Waals surface area (Å²) in [6, 6.07) is 17.8. The van der Waals surface area contributed by atoms with Gasteiger partial charge in [-0.2, -0.15) is 4.98 Å². The van der Waals surface area contributed by atoms with Crippen LogP contribution in [0.25, 0.3) is 21.5 Å². The molecular weight excluding hydrogens is 374 g/mol. The van der Waals surface area contributed by atoms with E-state index in [1.165, 1.54) is 0 Å². The summed E-state index contributed by atoms with van der Waals surface area (Å²) in [6.07, 6.45) is 0. The number of thiophene rings is 1. The molecule has 0 aliphatic carbocycles. The molecule has 5 rings (SSSR count). The number of hydrogen-bond donors (Lipinski definition) is 0. The molecule has 28 heavy (non-hydrogen) atoms. The van der Waals surface area contributed by atoms with E-state index in [1.54, 1.807) is 16.2 Å². The number of fused-ring (bicyclic) bond motifs is 1. The molecule has 1 aliphatic rings. The van der Waals surface area contributed by atoms with Crippen LogP contribution >= 0.6 is 11.3 Å². The Labute approximate surface area is 165 Å². The molecule has 0 N–H and O–H groups in total. The Balaban J connectivity index is 1.15. The molecule has 6 nitrogen and oxygen atoms in total. The van der Waals surface area contributed by atoms with Gasteiger partial charge in [0.15, 0.2) is 6.61 Å². The van der Waals surface area contributed by atoms with Crippen LogP contribution in [-0.2, 0) is 4.79 Å². The van der Waals surface area contributed by atoms with E-state index >= 15 is 0 Å². The molecule has 2 aromatic heterocycles. The second-order valence-corrected chi connectivity index (χ2v) is 7.67. The lowest BCUT2D eigenvalue weighted by Crippen LogP contribution is -2.50. The van der Waals surface area contributed by atoms with Crippen molar-refractivity contribution in [1.29, 1.82) is 0 Å². The predicted molar refractivity (Wildman–Crippen MR) is 106 cm³/mol. The smallest absolute Gasteiger partial charge is 0.260 e. The van der Waals surface area contributed by atoms with E-state index < -0.39 is 0 Å². The van der Waals surface area contributed by atoms with E-state index in [0.717, 1.165) is 15.6 Å². The van der Waals surface area contributed by atoms with Crippen LogP contribution < -0.4 is 4.74 Å². The molecule has 1 saturated heterocycles.